The van der Waals surface area contributed by atoms with Crippen molar-refractivity contribution in [3.8, 4) is 5.75 Å². The van der Waals surface area contributed by atoms with E-state index in [9.17, 15) is 9.59 Å². The number of amides is 2. The molecule has 0 unspecified atom stereocenters. The van der Waals surface area contributed by atoms with Crippen molar-refractivity contribution in [2.24, 2.45) is 5.92 Å². The van der Waals surface area contributed by atoms with Gasteiger partial charge in [-0.1, -0.05) is 56.3 Å². The molecule has 0 fully saturated rings. The van der Waals surface area contributed by atoms with Crippen LogP contribution in [0.5, 0.6) is 5.75 Å². The summed E-state index contributed by atoms with van der Waals surface area (Å²) in [5.41, 5.74) is 2.69. The van der Waals surface area contributed by atoms with Crippen LogP contribution in [-0.4, -0.2) is 46.4 Å². The molecule has 2 amide bonds. The largest absolute Gasteiger partial charge is 0.489 e. The first-order valence-corrected chi connectivity index (χ1v) is 14.0. The van der Waals surface area contributed by atoms with Crippen molar-refractivity contribution < 1.29 is 14.3 Å². The normalized spacial score (nSPS) is 13.1. The number of nitrogens with one attached hydrogen (secondary N) is 2. The van der Waals surface area contributed by atoms with Gasteiger partial charge in [0.2, 0.25) is 11.8 Å². The lowest BCUT2D eigenvalue weighted by Crippen LogP contribution is -2.56. The summed E-state index contributed by atoms with van der Waals surface area (Å²) < 4.78 is 5.92. The summed E-state index contributed by atoms with van der Waals surface area (Å²) in [7, 11) is 1.95. The highest BCUT2D eigenvalue weighted by atomic mass is 16.5. The van der Waals surface area contributed by atoms with E-state index in [1.807, 2.05) is 99.4 Å². The van der Waals surface area contributed by atoms with Crippen LogP contribution in [0.15, 0.2) is 79.1 Å². The summed E-state index contributed by atoms with van der Waals surface area (Å²) in [6, 6.07) is 20.5. The second-order valence-electron chi connectivity index (χ2n) is 11.8. The molecule has 2 N–H and O–H groups in total. The zero-order valence-corrected chi connectivity index (χ0v) is 24.7. The zero-order chi connectivity index (χ0) is 29.1. The van der Waals surface area contributed by atoms with E-state index in [2.05, 4.69) is 29.5 Å². The molecule has 214 valence electrons. The topological polar surface area (TPSA) is 83.6 Å². The number of pyridine rings is 1. The molecule has 0 aliphatic heterocycles. The Balaban J connectivity index is 1.73. The van der Waals surface area contributed by atoms with Crippen LogP contribution in [0.1, 0.15) is 57.7 Å². The first-order chi connectivity index (χ1) is 19.0. The number of hydrogen-bond acceptors (Lipinski definition) is 5. The maximum Gasteiger partial charge on any atom is 0.243 e. The van der Waals surface area contributed by atoms with Crippen molar-refractivity contribution in [1.29, 1.82) is 0 Å². The maximum absolute atomic E-state index is 13.7. The van der Waals surface area contributed by atoms with Gasteiger partial charge in [0.25, 0.3) is 0 Å². The second kappa shape index (κ2) is 14.6. The minimum Gasteiger partial charge on any atom is -0.489 e. The Morgan fingerprint density at radius 3 is 2.12 bits per heavy atom. The number of nitrogens with zero attached hydrogens (tertiary/aromatic N) is 2. The first kappa shape index (κ1) is 30.8. The predicted molar refractivity (Wildman–Crippen MR) is 160 cm³/mol. The lowest BCUT2D eigenvalue weighted by molar-refractivity contribution is -0.132. The predicted octanol–water partition coefficient (Wildman–Crippen LogP) is 5.15. The number of carbonyl (C=O) groups is 2. The quantitative estimate of drug-likeness (QED) is 0.311. The molecule has 0 aliphatic rings. The average molecular weight is 545 g/mol. The molecular formula is C33H44N4O3. The minimum absolute atomic E-state index is 0.151. The number of ether oxygens (including phenoxy) is 1. The van der Waals surface area contributed by atoms with Crippen LogP contribution in [0.4, 0.5) is 0 Å². The van der Waals surface area contributed by atoms with E-state index in [1.54, 1.807) is 12.4 Å². The number of carbonyl (C=O) groups excluding carboxylic acids is 2. The van der Waals surface area contributed by atoms with Crippen molar-refractivity contribution in [3.05, 3.63) is 95.8 Å². The van der Waals surface area contributed by atoms with Crippen LogP contribution in [0.2, 0.25) is 0 Å². The third kappa shape index (κ3) is 10.5. The van der Waals surface area contributed by atoms with E-state index in [1.165, 1.54) is 0 Å². The van der Waals surface area contributed by atoms with E-state index in [-0.39, 0.29) is 17.9 Å². The molecule has 2 aromatic carbocycles. The molecule has 0 saturated carbocycles. The SMILES string of the molecule is CC(C)C[C@@H](C(=O)N[C@@H](Cc1ccc(OCc2ccccc2)cc1)C(=O)NC(C)(C)C)N(C)Cc1ccncc1. The summed E-state index contributed by atoms with van der Waals surface area (Å²) in [5, 5.41) is 6.13. The van der Waals surface area contributed by atoms with Crippen molar-refractivity contribution >= 4 is 11.8 Å². The van der Waals surface area contributed by atoms with Crippen molar-refractivity contribution in [2.75, 3.05) is 7.05 Å². The van der Waals surface area contributed by atoms with Crippen LogP contribution in [0.3, 0.4) is 0 Å². The summed E-state index contributed by atoms with van der Waals surface area (Å²) in [4.78, 5) is 33.2. The molecule has 7 heteroatoms. The lowest BCUT2D eigenvalue weighted by atomic mass is 9.99. The molecule has 0 saturated heterocycles. The molecule has 7 nitrogen and oxygen atoms in total. The summed E-state index contributed by atoms with van der Waals surface area (Å²) in [6.45, 7) is 11.1. The summed E-state index contributed by atoms with van der Waals surface area (Å²) in [5.74, 6) is 0.704. The molecule has 1 heterocycles. The first-order valence-electron chi connectivity index (χ1n) is 14.0. The molecule has 0 aliphatic carbocycles. The van der Waals surface area contributed by atoms with Gasteiger partial charge < -0.3 is 15.4 Å². The second-order valence-corrected chi connectivity index (χ2v) is 11.8. The molecular weight excluding hydrogens is 500 g/mol. The number of likely N-dealkylation sites (N-methyl/N-ethyl adjacent to an activating group) is 1. The third-order valence-electron chi connectivity index (χ3n) is 6.45. The van der Waals surface area contributed by atoms with Gasteiger partial charge in [-0.15, -0.1) is 0 Å². The average Bonchev–Trinajstić information content (AvgIpc) is 2.91. The van der Waals surface area contributed by atoms with Gasteiger partial charge in [-0.25, -0.2) is 0 Å². The van der Waals surface area contributed by atoms with Crippen molar-refractivity contribution in [1.82, 2.24) is 20.5 Å². The Morgan fingerprint density at radius 2 is 1.52 bits per heavy atom. The molecule has 40 heavy (non-hydrogen) atoms. The fourth-order valence-corrected chi connectivity index (χ4v) is 4.45. The van der Waals surface area contributed by atoms with E-state index < -0.39 is 11.6 Å². The Labute approximate surface area is 239 Å². The highest BCUT2D eigenvalue weighted by molar-refractivity contribution is 5.90. The Hall–Kier alpha value is -3.71. The van der Waals surface area contributed by atoms with Gasteiger partial charge in [0.1, 0.15) is 18.4 Å². The Bertz CT molecular complexity index is 1190. The van der Waals surface area contributed by atoms with Crippen molar-refractivity contribution in [2.45, 2.75) is 78.2 Å². The van der Waals surface area contributed by atoms with E-state index in [4.69, 9.17) is 4.74 Å². The number of rotatable bonds is 13. The van der Waals surface area contributed by atoms with Gasteiger partial charge >= 0.3 is 0 Å². The minimum atomic E-state index is -0.716. The molecule has 0 bridgehead atoms. The van der Waals surface area contributed by atoms with E-state index in [0.29, 0.717) is 31.9 Å². The van der Waals surface area contributed by atoms with Gasteiger partial charge in [0.05, 0.1) is 6.04 Å². The van der Waals surface area contributed by atoms with Crippen LogP contribution in [-0.2, 0) is 29.2 Å². The molecule has 3 aromatic rings. The summed E-state index contributed by atoms with van der Waals surface area (Å²) >= 11 is 0. The van der Waals surface area contributed by atoms with Crippen LogP contribution in [0.25, 0.3) is 0 Å². The van der Waals surface area contributed by atoms with Crippen molar-refractivity contribution in [3.63, 3.8) is 0 Å². The fraction of sp³-hybridized carbons (Fsp3) is 0.424. The van der Waals surface area contributed by atoms with Gasteiger partial charge in [-0.3, -0.25) is 19.5 Å². The monoisotopic (exact) mass is 544 g/mol. The van der Waals surface area contributed by atoms with Crippen LogP contribution >= 0.6 is 0 Å². The summed E-state index contributed by atoms with van der Waals surface area (Å²) in [6.07, 6.45) is 4.56. The van der Waals surface area contributed by atoms with Gasteiger partial charge in [-0.2, -0.15) is 0 Å². The molecule has 2 atom stereocenters. The van der Waals surface area contributed by atoms with E-state index >= 15 is 0 Å². The lowest BCUT2D eigenvalue weighted by Gasteiger charge is -2.31. The number of benzene rings is 2. The van der Waals surface area contributed by atoms with Gasteiger partial charge in [0.15, 0.2) is 0 Å². The molecule has 0 spiro atoms. The van der Waals surface area contributed by atoms with E-state index in [0.717, 1.165) is 22.4 Å². The van der Waals surface area contributed by atoms with Crippen LogP contribution in [0, 0.1) is 5.92 Å². The Morgan fingerprint density at radius 1 is 0.875 bits per heavy atom. The number of hydrogen-bond donors (Lipinski definition) is 2. The molecule has 0 radical (unpaired) electrons. The van der Waals surface area contributed by atoms with Gasteiger partial charge in [0, 0.05) is 30.9 Å². The number of aromatic nitrogens is 1. The highest BCUT2D eigenvalue weighted by Gasteiger charge is 2.30. The molecule has 1 aromatic heterocycles. The van der Waals surface area contributed by atoms with Crippen LogP contribution < -0.4 is 15.4 Å². The molecule has 3 rings (SSSR count). The highest BCUT2D eigenvalue weighted by Crippen LogP contribution is 2.18. The Kier molecular flexibility index (Phi) is 11.3. The van der Waals surface area contributed by atoms with Gasteiger partial charge in [-0.05, 0) is 81.1 Å². The third-order valence-corrected chi connectivity index (χ3v) is 6.45. The zero-order valence-electron chi connectivity index (χ0n) is 24.7. The smallest absolute Gasteiger partial charge is 0.243 e. The maximum atomic E-state index is 13.7. The standard InChI is InChI=1S/C33H44N4O3/c1-24(2)20-30(37(6)22-26-16-18-34-19-17-26)32(39)35-29(31(38)36-33(3,4)5)21-25-12-14-28(15-13-25)40-23-27-10-8-7-9-11-27/h7-19,24,29-30H,20-23H2,1-6H3,(H,35,39)(H,36,38)/t29-,30-/m0/s1. The fourth-order valence-electron chi connectivity index (χ4n) is 4.45.